The molecule has 0 aliphatic carbocycles. The summed E-state index contributed by atoms with van der Waals surface area (Å²) in [6.07, 6.45) is 0. The van der Waals surface area contributed by atoms with Crippen molar-refractivity contribution in [2.45, 2.75) is 19.0 Å². The Morgan fingerprint density at radius 3 is 2.75 bits per heavy atom. The van der Waals surface area contributed by atoms with Crippen LogP contribution < -0.4 is 0 Å². The van der Waals surface area contributed by atoms with Crippen molar-refractivity contribution in [2.24, 2.45) is 5.92 Å². The minimum atomic E-state index is 0.331. The summed E-state index contributed by atoms with van der Waals surface area (Å²) in [6, 6.07) is 11.3. The first kappa shape index (κ1) is 10.3. The molecule has 2 saturated heterocycles. The average Bonchev–Trinajstić information content (AvgIpc) is 2.65. The molecule has 3 rings (SSSR count). The van der Waals surface area contributed by atoms with Gasteiger partial charge in [0, 0.05) is 5.92 Å². The quantitative estimate of drug-likeness (QED) is 0.721. The van der Waals surface area contributed by atoms with Gasteiger partial charge in [-0.3, -0.25) is 4.84 Å². The molecule has 2 aliphatic rings. The van der Waals surface area contributed by atoms with Crippen LogP contribution in [0.25, 0.3) is 0 Å². The Labute approximate surface area is 95.9 Å². The van der Waals surface area contributed by atoms with Gasteiger partial charge in [-0.05, 0) is 12.5 Å². The van der Waals surface area contributed by atoms with Crippen LogP contribution in [-0.2, 0) is 9.57 Å². The molecule has 1 aromatic rings. The van der Waals surface area contributed by atoms with Crippen molar-refractivity contribution in [1.29, 1.82) is 0 Å². The van der Waals surface area contributed by atoms with E-state index >= 15 is 0 Å². The third-order valence-electron chi connectivity index (χ3n) is 3.42. The Balaban J connectivity index is 1.94. The summed E-state index contributed by atoms with van der Waals surface area (Å²) in [5.41, 5.74) is 1.34. The van der Waals surface area contributed by atoms with Gasteiger partial charge in [-0.15, -0.1) is 0 Å². The summed E-state index contributed by atoms with van der Waals surface area (Å²) >= 11 is 0. The van der Waals surface area contributed by atoms with Crippen LogP contribution in [0.5, 0.6) is 0 Å². The molecular formula is C13H17NO2. The molecule has 16 heavy (non-hydrogen) atoms. The molecule has 2 bridgehead atoms. The zero-order valence-corrected chi connectivity index (χ0v) is 9.50. The van der Waals surface area contributed by atoms with E-state index in [0.29, 0.717) is 18.0 Å². The molecule has 0 aromatic heterocycles. The summed E-state index contributed by atoms with van der Waals surface area (Å²) < 4.78 is 5.67. The molecule has 4 atom stereocenters. The highest BCUT2D eigenvalue weighted by atomic mass is 16.7. The Morgan fingerprint density at radius 2 is 1.94 bits per heavy atom. The van der Waals surface area contributed by atoms with Gasteiger partial charge in [0.05, 0.1) is 31.9 Å². The predicted molar refractivity (Wildman–Crippen MR) is 60.7 cm³/mol. The van der Waals surface area contributed by atoms with Crippen LogP contribution in [0, 0.1) is 5.92 Å². The predicted octanol–water partition coefficient (Wildman–Crippen LogP) is 2.01. The van der Waals surface area contributed by atoms with Crippen LogP contribution in [0.3, 0.4) is 0 Å². The lowest BCUT2D eigenvalue weighted by Gasteiger charge is -2.27. The van der Waals surface area contributed by atoms with E-state index in [0.717, 1.165) is 19.8 Å². The largest absolute Gasteiger partial charge is 0.379 e. The molecule has 1 unspecified atom stereocenters. The van der Waals surface area contributed by atoms with Gasteiger partial charge in [0.15, 0.2) is 0 Å². The maximum Gasteiger partial charge on any atom is 0.0755 e. The molecule has 0 saturated carbocycles. The Bertz CT molecular complexity index is 354. The maximum atomic E-state index is 5.79. The van der Waals surface area contributed by atoms with Gasteiger partial charge in [-0.1, -0.05) is 30.3 Å². The molecule has 3 nitrogen and oxygen atoms in total. The smallest absolute Gasteiger partial charge is 0.0755 e. The van der Waals surface area contributed by atoms with E-state index in [-0.39, 0.29) is 0 Å². The fourth-order valence-corrected chi connectivity index (χ4v) is 2.63. The topological polar surface area (TPSA) is 21.7 Å². The Morgan fingerprint density at radius 1 is 1.12 bits per heavy atom. The molecule has 2 fully saturated rings. The van der Waals surface area contributed by atoms with Crippen LogP contribution in [-0.4, -0.2) is 30.9 Å². The second-order valence-electron chi connectivity index (χ2n) is 4.66. The zero-order chi connectivity index (χ0) is 11.0. The lowest BCUT2D eigenvalue weighted by Crippen LogP contribution is -2.33. The second kappa shape index (κ2) is 4.17. The minimum absolute atomic E-state index is 0.331. The van der Waals surface area contributed by atoms with Crippen LogP contribution in [0.1, 0.15) is 18.5 Å². The SMILES string of the molecule is C[C@H]1COC[C@@H]2CON1[C@H]2c1ccccc1. The molecule has 0 amide bonds. The zero-order valence-electron chi connectivity index (χ0n) is 9.50. The summed E-state index contributed by atoms with van der Waals surface area (Å²) in [6.45, 7) is 4.51. The molecule has 0 spiro atoms. The van der Waals surface area contributed by atoms with Gasteiger partial charge in [-0.25, -0.2) is 0 Å². The van der Waals surface area contributed by atoms with Crippen molar-refractivity contribution in [3.8, 4) is 0 Å². The van der Waals surface area contributed by atoms with Gasteiger partial charge in [0.25, 0.3) is 0 Å². The first-order valence-corrected chi connectivity index (χ1v) is 5.90. The van der Waals surface area contributed by atoms with Crippen LogP contribution in [0.15, 0.2) is 30.3 Å². The van der Waals surface area contributed by atoms with Crippen LogP contribution in [0.2, 0.25) is 0 Å². The number of benzene rings is 1. The number of ether oxygens (including phenoxy) is 1. The van der Waals surface area contributed by atoms with E-state index in [1.165, 1.54) is 5.56 Å². The van der Waals surface area contributed by atoms with Crippen molar-refractivity contribution in [3.05, 3.63) is 35.9 Å². The van der Waals surface area contributed by atoms with Crippen molar-refractivity contribution in [2.75, 3.05) is 19.8 Å². The summed E-state index contributed by atoms with van der Waals surface area (Å²) in [5.74, 6) is 0.465. The first-order chi connectivity index (χ1) is 7.86. The highest BCUT2D eigenvalue weighted by molar-refractivity contribution is 5.20. The van der Waals surface area contributed by atoms with Crippen molar-refractivity contribution >= 4 is 0 Å². The number of hydrogen-bond donors (Lipinski definition) is 0. The monoisotopic (exact) mass is 219 g/mol. The lowest BCUT2D eigenvalue weighted by molar-refractivity contribution is -0.171. The third-order valence-corrected chi connectivity index (χ3v) is 3.42. The summed E-state index contributed by atoms with van der Waals surface area (Å²) in [7, 11) is 0. The van der Waals surface area contributed by atoms with Gasteiger partial charge in [-0.2, -0.15) is 5.06 Å². The van der Waals surface area contributed by atoms with E-state index in [9.17, 15) is 0 Å². The average molecular weight is 219 g/mol. The van der Waals surface area contributed by atoms with Crippen molar-refractivity contribution < 1.29 is 9.57 Å². The van der Waals surface area contributed by atoms with E-state index in [4.69, 9.17) is 9.57 Å². The molecule has 2 aliphatic heterocycles. The molecule has 3 heteroatoms. The number of hydrogen-bond acceptors (Lipinski definition) is 3. The van der Waals surface area contributed by atoms with E-state index in [1.807, 2.05) is 0 Å². The first-order valence-electron chi connectivity index (χ1n) is 5.90. The molecule has 0 N–H and O–H groups in total. The normalized spacial score (nSPS) is 38.3. The molecule has 2 heterocycles. The van der Waals surface area contributed by atoms with Gasteiger partial charge < -0.3 is 4.74 Å². The number of fused-ring (bicyclic) bond motifs is 2. The molecule has 1 aromatic carbocycles. The third kappa shape index (κ3) is 1.65. The Hall–Kier alpha value is -0.900. The fourth-order valence-electron chi connectivity index (χ4n) is 2.63. The minimum Gasteiger partial charge on any atom is -0.379 e. The van der Waals surface area contributed by atoms with E-state index < -0.39 is 0 Å². The fraction of sp³-hybridized carbons (Fsp3) is 0.538. The van der Waals surface area contributed by atoms with Gasteiger partial charge in [0.2, 0.25) is 0 Å². The molecule has 86 valence electrons. The highest BCUT2D eigenvalue weighted by Gasteiger charge is 2.41. The number of rotatable bonds is 1. The summed E-state index contributed by atoms with van der Waals surface area (Å²) in [4.78, 5) is 5.79. The van der Waals surface area contributed by atoms with Crippen LogP contribution >= 0.6 is 0 Å². The molecular weight excluding hydrogens is 202 g/mol. The maximum absolute atomic E-state index is 5.79. The highest BCUT2D eigenvalue weighted by Crippen LogP contribution is 2.38. The summed E-state index contributed by atoms with van der Waals surface area (Å²) in [5, 5.41) is 2.12. The van der Waals surface area contributed by atoms with E-state index in [2.05, 4.69) is 42.3 Å². The molecule has 0 radical (unpaired) electrons. The standard InChI is InChI=1S/C13H17NO2/c1-10-7-15-8-12-9-16-14(10)13(12)11-5-3-2-4-6-11/h2-6,10,12-13H,7-9H2,1H3/t10-,12+,13-/m0/s1. The second-order valence-corrected chi connectivity index (χ2v) is 4.66. The van der Waals surface area contributed by atoms with Crippen LogP contribution in [0.4, 0.5) is 0 Å². The van der Waals surface area contributed by atoms with Gasteiger partial charge in [0.1, 0.15) is 0 Å². The Kier molecular flexibility index (Phi) is 2.67. The lowest BCUT2D eigenvalue weighted by atomic mass is 9.95. The van der Waals surface area contributed by atoms with Crippen molar-refractivity contribution in [3.63, 3.8) is 0 Å². The van der Waals surface area contributed by atoms with Crippen molar-refractivity contribution in [1.82, 2.24) is 5.06 Å². The number of hydroxylamine groups is 2. The number of nitrogens with zero attached hydrogens (tertiary/aromatic N) is 1. The van der Waals surface area contributed by atoms with E-state index in [1.54, 1.807) is 0 Å². The van der Waals surface area contributed by atoms with Gasteiger partial charge >= 0.3 is 0 Å².